The van der Waals surface area contributed by atoms with Gasteiger partial charge in [0.2, 0.25) is 0 Å². The van der Waals surface area contributed by atoms with E-state index in [2.05, 4.69) is 21.2 Å². The van der Waals surface area contributed by atoms with E-state index in [1.807, 2.05) is 32.0 Å². The summed E-state index contributed by atoms with van der Waals surface area (Å²) in [5, 5.41) is 12.1. The lowest BCUT2D eigenvalue weighted by Crippen LogP contribution is -2.01. The molecule has 0 unspecified atom stereocenters. The highest BCUT2D eigenvalue weighted by Crippen LogP contribution is 2.25. The van der Waals surface area contributed by atoms with E-state index >= 15 is 0 Å². The molecule has 0 aromatic heterocycles. The van der Waals surface area contributed by atoms with Gasteiger partial charge in [-0.15, -0.1) is 0 Å². The zero-order valence-electron chi connectivity index (χ0n) is 11.3. The Morgan fingerprint density at radius 1 is 1.15 bits per heavy atom. The van der Waals surface area contributed by atoms with Crippen LogP contribution in [0.4, 0.5) is 10.1 Å². The van der Waals surface area contributed by atoms with Crippen LogP contribution in [0, 0.1) is 31.0 Å². The number of hydrogen-bond donors (Lipinski definition) is 1. The first-order valence-corrected chi connectivity index (χ1v) is 6.99. The van der Waals surface area contributed by atoms with Crippen molar-refractivity contribution >= 4 is 21.6 Å². The molecule has 0 spiro atoms. The lowest BCUT2D eigenvalue weighted by molar-refractivity contribution is 0.625. The molecule has 0 aliphatic carbocycles. The van der Waals surface area contributed by atoms with E-state index < -0.39 is 0 Å². The maximum absolute atomic E-state index is 13.3. The summed E-state index contributed by atoms with van der Waals surface area (Å²) in [6.07, 6.45) is 0. The molecule has 20 heavy (non-hydrogen) atoms. The SMILES string of the molecule is Cc1cc(NCc2cc(F)cc(C#N)c2)cc(C)c1Br. The maximum atomic E-state index is 13.3. The van der Waals surface area contributed by atoms with Crippen molar-refractivity contribution in [3.63, 3.8) is 0 Å². The van der Waals surface area contributed by atoms with E-state index in [1.54, 1.807) is 6.07 Å². The van der Waals surface area contributed by atoms with E-state index in [0.29, 0.717) is 12.1 Å². The zero-order valence-corrected chi connectivity index (χ0v) is 12.9. The molecule has 0 saturated carbocycles. The third-order valence-corrected chi connectivity index (χ3v) is 4.27. The Balaban J connectivity index is 2.17. The molecule has 2 aromatic rings. The molecule has 0 atom stereocenters. The number of anilines is 1. The molecule has 0 aliphatic rings. The number of nitrogens with zero attached hydrogens (tertiary/aromatic N) is 1. The van der Waals surface area contributed by atoms with Crippen LogP contribution in [0.25, 0.3) is 0 Å². The third kappa shape index (κ3) is 3.37. The molecule has 2 aromatic carbocycles. The molecule has 0 fully saturated rings. The second-order valence-electron chi connectivity index (χ2n) is 4.74. The fraction of sp³-hybridized carbons (Fsp3) is 0.188. The van der Waals surface area contributed by atoms with Gasteiger partial charge in [-0.2, -0.15) is 5.26 Å². The summed E-state index contributed by atoms with van der Waals surface area (Å²) in [5.41, 5.74) is 4.35. The van der Waals surface area contributed by atoms with E-state index in [0.717, 1.165) is 26.9 Å². The molecule has 0 bridgehead atoms. The standard InChI is InChI=1S/C16H14BrFN2/c1-10-3-15(4-11(2)16(10)17)20-9-13-5-12(8-19)6-14(18)7-13/h3-7,20H,9H2,1-2H3. The largest absolute Gasteiger partial charge is 0.381 e. The van der Waals surface area contributed by atoms with E-state index in [-0.39, 0.29) is 5.82 Å². The Morgan fingerprint density at radius 2 is 1.80 bits per heavy atom. The van der Waals surface area contributed by atoms with Crippen LogP contribution in [0.15, 0.2) is 34.8 Å². The van der Waals surface area contributed by atoms with Gasteiger partial charge in [0, 0.05) is 16.7 Å². The zero-order chi connectivity index (χ0) is 14.7. The molecule has 102 valence electrons. The van der Waals surface area contributed by atoms with Crippen LogP contribution < -0.4 is 5.32 Å². The number of nitrogens with one attached hydrogen (secondary N) is 1. The molecule has 0 amide bonds. The molecule has 2 rings (SSSR count). The number of halogens is 2. The predicted molar refractivity (Wildman–Crippen MR) is 82.1 cm³/mol. The first kappa shape index (κ1) is 14.5. The number of rotatable bonds is 3. The average Bonchev–Trinajstić information content (AvgIpc) is 2.41. The molecule has 2 nitrogen and oxygen atoms in total. The highest BCUT2D eigenvalue weighted by molar-refractivity contribution is 9.10. The summed E-state index contributed by atoms with van der Waals surface area (Å²) in [6, 6.07) is 10.4. The lowest BCUT2D eigenvalue weighted by Gasteiger charge is -2.11. The average molecular weight is 333 g/mol. The van der Waals surface area contributed by atoms with Crippen molar-refractivity contribution in [1.82, 2.24) is 0 Å². The van der Waals surface area contributed by atoms with E-state index in [4.69, 9.17) is 5.26 Å². The van der Waals surface area contributed by atoms with Crippen LogP contribution in [-0.4, -0.2) is 0 Å². The second-order valence-corrected chi connectivity index (χ2v) is 5.53. The van der Waals surface area contributed by atoms with Crippen LogP contribution >= 0.6 is 15.9 Å². The van der Waals surface area contributed by atoms with Crippen LogP contribution in [0.3, 0.4) is 0 Å². The van der Waals surface area contributed by atoms with Crippen LogP contribution in [0.2, 0.25) is 0 Å². The van der Waals surface area contributed by atoms with E-state index in [9.17, 15) is 4.39 Å². The fourth-order valence-electron chi connectivity index (χ4n) is 2.07. The minimum atomic E-state index is -0.385. The summed E-state index contributed by atoms with van der Waals surface area (Å²) in [4.78, 5) is 0. The van der Waals surface area contributed by atoms with Gasteiger partial charge in [-0.3, -0.25) is 0 Å². The van der Waals surface area contributed by atoms with Gasteiger partial charge in [-0.25, -0.2) is 4.39 Å². The Kier molecular flexibility index (Phi) is 4.41. The summed E-state index contributed by atoms with van der Waals surface area (Å²) in [6.45, 7) is 4.53. The van der Waals surface area contributed by atoms with Gasteiger partial charge in [0.15, 0.2) is 0 Å². The Bertz CT molecular complexity index is 666. The van der Waals surface area contributed by atoms with Crippen molar-refractivity contribution in [3.8, 4) is 6.07 Å². The maximum Gasteiger partial charge on any atom is 0.124 e. The Morgan fingerprint density at radius 3 is 2.40 bits per heavy atom. The topological polar surface area (TPSA) is 35.8 Å². The van der Waals surface area contributed by atoms with E-state index in [1.165, 1.54) is 12.1 Å². The molecular weight excluding hydrogens is 319 g/mol. The van der Waals surface area contributed by atoms with Gasteiger partial charge in [-0.05, 0) is 60.9 Å². The highest BCUT2D eigenvalue weighted by Gasteiger charge is 2.04. The quantitative estimate of drug-likeness (QED) is 0.885. The van der Waals surface area contributed by atoms with Crippen LogP contribution in [-0.2, 0) is 6.54 Å². The van der Waals surface area contributed by atoms with Crippen molar-refractivity contribution in [2.45, 2.75) is 20.4 Å². The highest BCUT2D eigenvalue weighted by atomic mass is 79.9. The summed E-state index contributed by atoms with van der Waals surface area (Å²) in [5.74, 6) is -0.385. The Labute approximate surface area is 126 Å². The van der Waals surface area contributed by atoms with Gasteiger partial charge < -0.3 is 5.32 Å². The summed E-state index contributed by atoms with van der Waals surface area (Å²) in [7, 11) is 0. The van der Waals surface area contributed by atoms with Gasteiger partial charge in [0.05, 0.1) is 11.6 Å². The summed E-state index contributed by atoms with van der Waals surface area (Å²) < 4.78 is 14.4. The molecule has 0 aliphatic heterocycles. The molecule has 0 saturated heterocycles. The smallest absolute Gasteiger partial charge is 0.124 e. The molecule has 4 heteroatoms. The number of aryl methyl sites for hydroxylation is 2. The van der Waals surface area contributed by atoms with Crippen molar-refractivity contribution in [2.24, 2.45) is 0 Å². The van der Waals surface area contributed by atoms with Gasteiger partial charge in [-0.1, -0.05) is 15.9 Å². The van der Waals surface area contributed by atoms with Crippen molar-refractivity contribution < 1.29 is 4.39 Å². The first-order valence-electron chi connectivity index (χ1n) is 6.20. The molecule has 0 radical (unpaired) electrons. The molecule has 0 heterocycles. The van der Waals surface area contributed by atoms with Gasteiger partial charge in [0.1, 0.15) is 5.82 Å². The lowest BCUT2D eigenvalue weighted by atomic mass is 10.1. The fourth-order valence-corrected chi connectivity index (χ4v) is 2.30. The van der Waals surface area contributed by atoms with Crippen LogP contribution in [0.1, 0.15) is 22.3 Å². The monoisotopic (exact) mass is 332 g/mol. The minimum absolute atomic E-state index is 0.338. The van der Waals surface area contributed by atoms with Crippen molar-refractivity contribution in [3.05, 3.63) is 62.9 Å². The third-order valence-electron chi connectivity index (χ3n) is 3.02. The van der Waals surface area contributed by atoms with Crippen molar-refractivity contribution in [1.29, 1.82) is 5.26 Å². The predicted octanol–water partition coefficient (Wildman–Crippen LogP) is 4.69. The first-order chi connectivity index (χ1) is 9.49. The van der Waals surface area contributed by atoms with Crippen LogP contribution in [0.5, 0.6) is 0 Å². The normalized spacial score (nSPS) is 10.2. The molecule has 1 N–H and O–H groups in total. The Hall–Kier alpha value is -1.86. The second kappa shape index (κ2) is 6.06. The minimum Gasteiger partial charge on any atom is -0.381 e. The summed E-state index contributed by atoms with van der Waals surface area (Å²) >= 11 is 3.52. The molecular formula is C16H14BrFN2. The number of hydrogen-bond acceptors (Lipinski definition) is 2. The van der Waals surface area contributed by atoms with Gasteiger partial charge >= 0.3 is 0 Å². The number of benzene rings is 2. The van der Waals surface area contributed by atoms with Gasteiger partial charge in [0.25, 0.3) is 0 Å². The number of nitriles is 1. The van der Waals surface area contributed by atoms with Crippen molar-refractivity contribution in [2.75, 3.05) is 5.32 Å².